The van der Waals surface area contributed by atoms with Crippen LogP contribution in [-0.4, -0.2) is 47.8 Å². The maximum atomic E-state index is 12.6. The largest absolute Gasteiger partial charge is 0.415 e. The molecule has 7 heteroatoms. The van der Waals surface area contributed by atoms with Gasteiger partial charge in [-0.3, -0.25) is 4.79 Å². The van der Waals surface area contributed by atoms with Gasteiger partial charge in [-0.1, -0.05) is 0 Å². The van der Waals surface area contributed by atoms with Crippen molar-refractivity contribution in [3.05, 3.63) is 0 Å². The van der Waals surface area contributed by atoms with Crippen LogP contribution in [0.1, 0.15) is 19.8 Å². The van der Waals surface area contributed by atoms with Crippen LogP contribution < -0.4 is 5.73 Å². The number of rotatable bonds is 1. The molecule has 4 nitrogen and oxygen atoms in total. The fraction of sp³-hybridized carbons (Fsp3) is 0.900. The Hall–Kier alpha value is -0.820. The second-order valence-corrected chi connectivity index (χ2v) is 4.87. The molecular weight excluding hydrogens is 237 g/mol. The summed E-state index contributed by atoms with van der Waals surface area (Å²) in [7, 11) is 0. The van der Waals surface area contributed by atoms with Gasteiger partial charge in [0, 0.05) is 13.1 Å². The molecule has 0 aromatic rings. The molecule has 0 saturated carbocycles. The molecule has 1 amide bonds. The standard InChI is InChI=1S/C10H15F3N2O2/c1-9(14,10(11,12)13)8(16)15-4-6-2-3-7(5-15)17-6/h6-7H,2-5,14H2,1H3. The Bertz CT molecular complexity index is 318. The Balaban J connectivity index is 2.10. The highest BCUT2D eigenvalue weighted by atomic mass is 19.4. The van der Waals surface area contributed by atoms with Gasteiger partial charge in [0.2, 0.25) is 0 Å². The SMILES string of the molecule is CC(N)(C(=O)N1CC2CCC(C1)O2)C(F)(F)F. The average molecular weight is 252 g/mol. The minimum atomic E-state index is -4.73. The number of hydrogen-bond acceptors (Lipinski definition) is 3. The number of carbonyl (C=O) groups excluding carboxylic acids is 1. The van der Waals surface area contributed by atoms with Crippen LogP contribution in [0.25, 0.3) is 0 Å². The molecule has 2 N–H and O–H groups in total. The summed E-state index contributed by atoms with van der Waals surface area (Å²) in [4.78, 5) is 13.0. The summed E-state index contributed by atoms with van der Waals surface area (Å²) in [6.45, 7) is 1.13. The van der Waals surface area contributed by atoms with E-state index >= 15 is 0 Å². The molecule has 3 atom stereocenters. The predicted molar refractivity (Wildman–Crippen MR) is 53.1 cm³/mol. The van der Waals surface area contributed by atoms with Crippen LogP contribution in [-0.2, 0) is 9.53 Å². The van der Waals surface area contributed by atoms with E-state index in [-0.39, 0.29) is 25.3 Å². The highest BCUT2D eigenvalue weighted by molar-refractivity contribution is 5.86. The van der Waals surface area contributed by atoms with Crippen molar-refractivity contribution in [2.24, 2.45) is 5.73 Å². The third kappa shape index (κ3) is 2.13. The van der Waals surface area contributed by atoms with E-state index in [1.54, 1.807) is 0 Å². The summed E-state index contributed by atoms with van der Waals surface area (Å²) in [6.07, 6.45) is -3.42. The number of fused-ring (bicyclic) bond motifs is 2. The van der Waals surface area contributed by atoms with Gasteiger partial charge in [-0.15, -0.1) is 0 Å². The monoisotopic (exact) mass is 252 g/mol. The Morgan fingerprint density at radius 2 is 1.76 bits per heavy atom. The van der Waals surface area contributed by atoms with Crippen LogP contribution in [0, 0.1) is 0 Å². The smallest absolute Gasteiger partial charge is 0.371 e. The van der Waals surface area contributed by atoms with E-state index in [1.807, 2.05) is 0 Å². The van der Waals surface area contributed by atoms with Crippen molar-refractivity contribution in [2.45, 2.75) is 43.7 Å². The molecule has 2 fully saturated rings. The van der Waals surface area contributed by atoms with Gasteiger partial charge in [-0.2, -0.15) is 13.2 Å². The summed E-state index contributed by atoms with van der Waals surface area (Å²) in [5.41, 5.74) is 2.31. The van der Waals surface area contributed by atoms with E-state index in [0.717, 1.165) is 12.8 Å². The zero-order chi connectivity index (χ0) is 12.8. The minimum absolute atomic E-state index is 0.137. The van der Waals surface area contributed by atoms with Gasteiger partial charge in [0.25, 0.3) is 5.91 Å². The number of nitrogens with zero attached hydrogens (tertiary/aromatic N) is 1. The topological polar surface area (TPSA) is 55.6 Å². The lowest BCUT2D eigenvalue weighted by atomic mass is 10.0. The fourth-order valence-electron chi connectivity index (χ4n) is 2.23. The summed E-state index contributed by atoms with van der Waals surface area (Å²) in [6, 6.07) is 0. The summed E-state index contributed by atoms with van der Waals surface area (Å²) >= 11 is 0. The first-order chi connectivity index (χ1) is 7.72. The maximum Gasteiger partial charge on any atom is 0.415 e. The van der Waals surface area contributed by atoms with Crippen LogP contribution in [0.3, 0.4) is 0 Å². The molecule has 17 heavy (non-hydrogen) atoms. The highest BCUT2D eigenvalue weighted by Crippen LogP contribution is 2.32. The minimum Gasteiger partial charge on any atom is -0.371 e. The van der Waals surface area contributed by atoms with Crippen LogP contribution in [0.15, 0.2) is 0 Å². The van der Waals surface area contributed by atoms with Crippen LogP contribution in [0.4, 0.5) is 13.2 Å². The summed E-state index contributed by atoms with van der Waals surface area (Å²) in [5, 5.41) is 0. The van der Waals surface area contributed by atoms with Crippen molar-refractivity contribution in [1.29, 1.82) is 0 Å². The molecule has 2 aliphatic heterocycles. The van der Waals surface area contributed by atoms with Gasteiger partial charge in [0.1, 0.15) is 0 Å². The summed E-state index contributed by atoms with van der Waals surface area (Å²) in [5.74, 6) is -1.06. The molecule has 0 aromatic carbocycles. The fourth-order valence-corrected chi connectivity index (χ4v) is 2.23. The number of ether oxygens (including phenoxy) is 1. The Labute approximate surface area is 96.9 Å². The molecule has 0 spiro atoms. The van der Waals surface area contributed by atoms with Gasteiger partial charge in [-0.05, 0) is 19.8 Å². The molecule has 2 heterocycles. The molecule has 2 rings (SSSR count). The molecule has 3 unspecified atom stereocenters. The van der Waals surface area contributed by atoms with E-state index < -0.39 is 17.6 Å². The van der Waals surface area contributed by atoms with Crippen LogP contribution >= 0.6 is 0 Å². The van der Waals surface area contributed by atoms with Crippen molar-refractivity contribution in [3.8, 4) is 0 Å². The molecule has 98 valence electrons. The number of carbonyl (C=O) groups is 1. The second kappa shape index (κ2) is 3.84. The molecule has 0 aromatic heterocycles. The number of hydrogen-bond donors (Lipinski definition) is 1. The van der Waals surface area contributed by atoms with Crippen LogP contribution in [0.5, 0.6) is 0 Å². The van der Waals surface area contributed by atoms with Crippen LogP contribution in [0.2, 0.25) is 0 Å². The first-order valence-electron chi connectivity index (χ1n) is 5.52. The molecular formula is C10H15F3N2O2. The highest BCUT2D eigenvalue weighted by Gasteiger charge is 2.56. The normalized spacial score (nSPS) is 32.4. The quantitative estimate of drug-likeness (QED) is 0.745. The lowest BCUT2D eigenvalue weighted by Crippen LogP contribution is -2.64. The Morgan fingerprint density at radius 1 is 1.29 bits per heavy atom. The first-order valence-corrected chi connectivity index (χ1v) is 5.52. The van der Waals surface area contributed by atoms with Gasteiger partial charge in [0.05, 0.1) is 12.2 Å². The van der Waals surface area contributed by atoms with Crippen molar-refractivity contribution in [1.82, 2.24) is 4.90 Å². The number of nitrogens with two attached hydrogens (primary N) is 1. The van der Waals surface area contributed by atoms with Gasteiger partial charge in [-0.25, -0.2) is 0 Å². The number of amides is 1. The maximum absolute atomic E-state index is 12.6. The van der Waals surface area contributed by atoms with E-state index in [2.05, 4.69) is 0 Å². The molecule has 2 aliphatic rings. The average Bonchev–Trinajstić information content (AvgIpc) is 2.55. The number of alkyl halides is 3. The van der Waals surface area contributed by atoms with E-state index in [4.69, 9.17) is 10.5 Å². The Morgan fingerprint density at radius 3 is 2.18 bits per heavy atom. The first kappa shape index (κ1) is 12.6. The number of morpholine rings is 1. The van der Waals surface area contributed by atoms with Gasteiger partial charge in [0.15, 0.2) is 5.54 Å². The number of halogens is 3. The zero-order valence-electron chi connectivity index (χ0n) is 9.46. The van der Waals surface area contributed by atoms with E-state index in [0.29, 0.717) is 6.92 Å². The summed E-state index contributed by atoms with van der Waals surface area (Å²) < 4.78 is 43.4. The van der Waals surface area contributed by atoms with E-state index in [1.165, 1.54) is 4.90 Å². The van der Waals surface area contributed by atoms with Crippen molar-refractivity contribution >= 4 is 5.91 Å². The van der Waals surface area contributed by atoms with Crippen molar-refractivity contribution in [2.75, 3.05) is 13.1 Å². The van der Waals surface area contributed by atoms with Gasteiger partial charge < -0.3 is 15.4 Å². The number of likely N-dealkylation sites (tertiary alicyclic amines) is 1. The van der Waals surface area contributed by atoms with Crippen molar-refractivity contribution in [3.63, 3.8) is 0 Å². The zero-order valence-corrected chi connectivity index (χ0v) is 9.46. The predicted octanol–water partition coefficient (Wildman–Crippen LogP) is 0.656. The lowest BCUT2D eigenvalue weighted by Gasteiger charge is -2.37. The van der Waals surface area contributed by atoms with E-state index in [9.17, 15) is 18.0 Å². The molecule has 2 saturated heterocycles. The van der Waals surface area contributed by atoms with Crippen molar-refractivity contribution < 1.29 is 22.7 Å². The third-order valence-corrected chi connectivity index (χ3v) is 3.36. The molecule has 2 bridgehead atoms. The Kier molecular flexibility index (Phi) is 2.86. The third-order valence-electron chi connectivity index (χ3n) is 3.36. The lowest BCUT2D eigenvalue weighted by molar-refractivity contribution is -0.197. The molecule has 0 radical (unpaired) electrons. The van der Waals surface area contributed by atoms with Gasteiger partial charge >= 0.3 is 6.18 Å². The molecule has 0 aliphatic carbocycles. The second-order valence-electron chi connectivity index (χ2n) is 4.87.